The molecule has 0 saturated carbocycles. The maximum atomic E-state index is 12.0. The molecule has 0 bridgehead atoms. The number of pyridine rings is 1. The van der Waals surface area contributed by atoms with Gasteiger partial charge in [0.1, 0.15) is 11.9 Å². The molecule has 25 heavy (non-hydrogen) atoms. The first-order valence-corrected chi connectivity index (χ1v) is 9.24. The largest absolute Gasteiger partial charge is 0.357 e. The third-order valence-corrected chi connectivity index (χ3v) is 4.78. The van der Waals surface area contributed by atoms with Gasteiger partial charge in [-0.1, -0.05) is 6.07 Å². The van der Waals surface area contributed by atoms with Crippen molar-refractivity contribution in [3.63, 3.8) is 0 Å². The molecule has 0 aliphatic carbocycles. The molecular weight excluding hydrogens is 318 g/mol. The van der Waals surface area contributed by atoms with Crippen LogP contribution in [0, 0.1) is 0 Å². The molecule has 0 spiro atoms. The number of aromatic nitrogens is 1. The van der Waals surface area contributed by atoms with E-state index in [4.69, 9.17) is 0 Å². The van der Waals surface area contributed by atoms with Crippen LogP contribution in [-0.4, -0.2) is 42.6 Å². The quantitative estimate of drug-likeness (QED) is 0.773. The summed E-state index contributed by atoms with van der Waals surface area (Å²) >= 11 is 0. The fourth-order valence-corrected chi connectivity index (χ4v) is 3.30. The number of rotatable bonds is 4. The minimum atomic E-state index is -0.442. The van der Waals surface area contributed by atoms with Crippen LogP contribution in [0.3, 0.4) is 0 Å². The minimum absolute atomic E-state index is 0.0970. The first-order valence-electron chi connectivity index (χ1n) is 9.24. The lowest BCUT2D eigenvalue weighted by Crippen LogP contribution is -2.48. The zero-order valence-electron chi connectivity index (χ0n) is 14.6. The van der Waals surface area contributed by atoms with E-state index in [1.54, 1.807) is 0 Å². The fourth-order valence-electron chi connectivity index (χ4n) is 3.30. The van der Waals surface area contributed by atoms with Crippen molar-refractivity contribution in [2.75, 3.05) is 24.5 Å². The number of carbonyl (C=O) groups excluding carboxylic acids is 2. The van der Waals surface area contributed by atoms with E-state index in [0.29, 0.717) is 19.5 Å². The Morgan fingerprint density at radius 3 is 2.80 bits per heavy atom. The second-order valence-corrected chi connectivity index (χ2v) is 6.74. The minimum Gasteiger partial charge on any atom is -0.357 e. The predicted molar refractivity (Wildman–Crippen MR) is 96.3 cm³/mol. The second kappa shape index (κ2) is 8.69. The number of hydrogen-bond acceptors (Lipinski definition) is 4. The average Bonchev–Trinajstić information content (AvgIpc) is 2.86. The van der Waals surface area contributed by atoms with Gasteiger partial charge >= 0.3 is 6.03 Å². The molecule has 2 aliphatic heterocycles. The summed E-state index contributed by atoms with van der Waals surface area (Å²) < 4.78 is 0. The number of amides is 3. The molecule has 7 heteroatoms. The van der Waals surface area contributed by atoms with E-state index < -0.39 is 6.04 Å². The van der Waals surface area contributed by atoms with Crippen molar-refractivity contribution in [2.24, 2.45) is 0 Å². The summed E-state index contributed by atoms with van der Waals surface area (Å²) in [5.41, 5.74) is 0.946. The Balaban J connectivity index is 1.46. The number of hydrogen-bond donors (Lipinski definition) is 3. The molecule has 3 N–H and O–H groups in total. The van der Waals surface area contributed by atoms with Gasteiger partial charge in [-0.3, -0.25) is 4.79 Å². The van der Waals surface area contributed by atoms with Crippen molar-refractivity contribution in [3.05, 3.63) is 23.9 Å². The Kier molecular flexibility index (Phi) is 6.09. The van der Waals surface area contributed by atoms with Gasteiger partial charge in [-0.05, 0) is 50.2 Å². The SMILES string of the molecule is O=C(NCc1ccc(N2CCCCC2)nc1)NC1CCCCNC1=O. The maximum absolute atomic E-state index is 12.0. The van der Waals surface area contributed by atoms with Crippen molar-refractivity contribution >= 4 is 17.8 Å². The summed E-state index contributed by atoms with van der Waals surface area (Å²) in [7, 11) is 0. The van der Waals surface area contributed by atoms with Crippen molar-refractivity contribution in [2.45, 2.75) is 51.1 Å². The van der Waals surface area contributed by atoms with E-state index in [2.05, 4.69) is 25.8 Å². The van der Waals surface area contributed by atoms with Crippen LogP contribution in [0.25, 0.3) is 0 Å². The van der Waals surface area contributed by atoms with E-state index in [1.165, 1.54) is 19.3 Å². The molecule has 3 rings (SSSR count). The number of piperidine rings is 1. The summed E-state index contributed by atoms with van der Waals surface area (Å²) in [6, 6.07) is 3.25. The van der Waals surface area contributed by atoms with Gasteiger partial charge < -0.3 is 20.9 Å². The highest BCUT2D eigenvalue weighted by Crippen LogP contribution is 2.17. The molecule has 2 saturated heterocycles. The van der Waals surface area contributed by atoms with E-state index >= 15 is 0 Å². The number of nitrogens with one attached hydrogen (secondary N) is 3. The molecule has 1 unspecified atom stereocenters. The predicted octanol–water partition coefficient (Wildman–Crippen LogP) is 1.54. The molecule has 0 aromatic carbocycles. The lowest BCUT2D eigenvalue weighted by atomic mass is 10.1. The maximum Gasteiger partial charge on any atom is 0.315 e. The van der Waals surface area contributed by atoms with Crippen molar-refractivity contribution in [1.29, 1.82) is 0 Å². The second-order valence-electron chi connectivity index (χ2n) is 6.74. The summed E-state index contributed by atoms with van der Waals surface area (Å²) in [6.07, 6.45) is 8.13. The molecule has 1 atom stereocenters. The van der Waals surface area contributed by atoms with Crippen LogP contribution in [0.1, 0.15) is 44.1 Å². The lowest BCUT2D eigenvalue weighted by Gasteiger charge is -2.27. The summed E-state index contributed by atoms with van der Waals surface area (Å²) in [6.45, 7) is 3.22. The smallest absolute Gasteiger partial charge is 0.315 e. The number of carbonyl (C=O) groups is 2. The Labute approximate surface area is 148 Å². The Bertz CT molecular complexity index is 584. The molecule has 7 nitrogen and oxygen atoms in total. The van der Waals surface area contributed by atoms with Crippen LogP contribution in [0.5, 0.6) is 0 Å². The Morgan fingerprint density at radius 1 is 1.20 bits per heavy atom. The number of urea groups is 1. The van der Waals surface area contributed by atoms with Crippen LogP contribution in [-0.2, 0) is 11.3 Å². The van der Waals surface area contributed by atoms with Crippen molar-refractivity contribution in [1.82, 2.24) is 20.9 Å². The molecule has 0 radical (unpaired) electrons. The van der Waals surface area contributed by atoms with Crippen LogP contribution < -0.4 is 20.9 Å². The lowest BCUT2D eigenvalue weighted by molar-refractivity contribution is -0.122. The third kappa shape index (κ3) is 5.08. The van der Waals surface area contributed by atoms with E-state index in [-0.39, 0.29) is 11.9 Å². The van der Waals surface area contributed by atoms with Gasteiger partial charge in [0.15, 0.2) is 0 Å². The Hall–Kier alpha value is -2.31. The molecule has 3 amide bonds. The highest BCUT2D eigenvalue weighted by molar-refractivity contribution is 5.87. The van der Waals surface area contributed by atoms with E-state index in [0.717, 1.165) is 37.3 Å². The first kappa shape index (κ1) is 17.5. The van der Waals surface area contributed by atoms with Crippen LogP contribution in [0.4, 0.5) is 10.6 Å². The standard InChI is InChI=1S/C18H27N5O2/c24-17-15(6-2-3-9-19-17)22-18(25)21-13-14-7-8-16(20-12-14)23-10-4-1-5-11-23/h7-8,12,15H,1-6,9-11,13H2,(H,19,24)(H2,21,22,25). The first-order chi connectivity index (χ1) is 12.2. The van der Waals surface area contributed by atoms with Gasteiger partial charge in [0.2, 0.25) is 5.91 Å². The van der Waals surface area contributed by atoms with Crippen LogP contribution in [0.2, 0.25) is 0 Å². The molecular formula is C18H27N5O2. The van der Waals surface area contributed by atoms with Gasteiger partial charge in [0.25, 0.3) is 0 Å². The highest BCUT2D eigenvalue weighted by atomic mass is 16.2. The third-order valence-electron chi connectivity index (χ3n) is 4.78. The van der Waals surface area contributed by atoms with Crippen molar-refractivity contribution in [3.8, 4) is 0 Å². The monoisotopic (exact) mass is 345 g/mol. The van der Waals surface area contributed by atoms with E-state index in [1.807, 2.05) is 18.3 Å². The normalized spacial score (nSPS) is 21.2. The fraction of sp³-hybridized carbons (Fsp3) is 0.611. The molecule has 136 valence electrons. The molecule has 3 heterocycles. The summed E-state index contributed by atoms with van der Waals surface area (Å²) in [5, 5.41) is 8.37. The van der Waals surface area contributed by atoms with Gasteiger partial charge in [-0.25, -0.2) is 9.78 Å². The summed E-state index contributed by atoms with van der Waals surface area (Å²) in [5.74, 6) is 0.906. The number of nitrogens with zero attached hydrogens (tertiary/aromatic N) is 2. The molecule has 2 fully saturated rings. The van der Waals surface area contributed by atoms with Gasteiger partial charge in [0.05, 0.1) is 0 Å². The molecule has 1 aromatic rings. The van der Waals surface area contributed by atoms with Gasteiger partial charge in [-0.15, -0.1) is 0 Å². The van der Waals surface area contributed by atoms with Gasteiger partial charge in [0, 0.05) is 32.4 Å². The summed E-state index contributed by atoms with van der Waals surface area (Å²) in [4.78, 5) is 30.7. The van der Waals surface area contributed by atoms with Crippen molar-refractivity contribution < 1.29 is 9.59 Å². The zero-order valence-corrected chi connectivity index (χ0v) is 14.6. The molecule has 1 aromatic heterocycles. The zero-order chi connectivity index (χ0) is 17.5. The topological polar surface area (TPSA) is 86.4 Å². The molecule has 2 aliphatic rings. The highest BCUT2D eigenvalue weighted by Gasteiger charge is 2.22. The van der Waals surface area contributed by atoms with Gasteiger partial charge in [-0.2, -0.15) is 0 Å². The van der Waals surface area contributed by atoms with Crippen LogP contribution >= 0.6 is 0 Å². The Morgan fingerprint density at radius 2 is 2.04 bits per heavy atom. The number of anilines is 1. The van der Waals surface area contributed by atoms with Crippen LogP contribution in [0.15, 0.2) is 18.3 Å². The average molecular weight is 345 g/mol. The van der Waals surface area contributed by atoms with E-state index in [9.17, 15) is 9.59 Å².